The second-order valence-electron chi connectivity index (χ2n) is 9.38. The fraction of sp³-hybridized carbons (Fsp3) is 0.905. The molecule has 1 nitrogen and oxygen atoms in total. The third-order valence-electron chi connectivity index (χ3n) is 8.72. The molecule has 22 heavy (non-hydrogen) atoms. The van der Waals surface area contributed by atoms with E-state index in [0.717, 1.165) is 36.5 Å². The third kappa shape index (κ3) is 1.93. The van der Waals surface area contributed by atoms with Crippen LogP contribution in [0.1, 0.15) is 78.6 Å². The minimum atomic E-state index is -0.0900. The predicted molar refractivity (Wildman–Crippen MR) is 91.5 cm³/mol. The Hall–Kier alpha value is -0.300. The van der Waals surface area contributed by atoms with Crippen LogP contribution in [0.5, 0.6) is 0 Å². The van der Waals surface area contributed by atoms with E-state index in [1.165, 1.54) is 44.9 Å². The zero-order valence-electron chi connectivity index (χ0n) is 14.8. The van der Waals surface area contributed by atoms with E-state index in [4.69, 9.17) is 0 Å². The minimum Gasteiger partial charge on any atom is -0.393 e. The van der Waals surface area contributed by atoms with E-state index in [1.807, 2.05) is 0 Å². The van der Waals surface area contributed by atoms with Crippen molar-refractivity contribution >= 4 is 0 Å². The van der Waals surface area contributed by atoms with Gasteiger partial charge in [-0.2, -0.15) is 0 Å². The standard InChI is InChI=1S/C21H34O/c1-4-14-7-10-18-17-9-6-15-5-8-16(22)13-21(15,3)19(17)11-12-20(14,18)2/h5,14,16-19,22H,4,6-13H2,1-3H3/t14-,16?,17-,18-,19-,20+,21-/m0/s1. The van der Waals surface area contributed by atoms with Gasteiger partial charge < -0.3 is 5.11 Å². The number of hydrogen-bond donors (Lipinski definition) is 1. The van der Waals surface area contributed by atoms with Gasteiger partial charge in [0.15, 0.2) is 0 Å². The van der Waals surface area contributed by atoms with Crippen LogP contribution in [-0.2, 0) is 0 Å². The largest absolute Gasteiger partial charge is 0.393 e. The number of aliphatic hydroxyl groups is 1. The van der Waals surface area contributed by atoms with E-state index in [9.17, 15) is 5.11 Å². The Bertz CT molecular complexity index is 480. The van der Waals surface area contributed by atoms with Gasteiger partial charge in [-0.25, -0.2) is 0 Å². The molecule has 1 heteroatoms. The lowest BCUT2D eigenvalue weighted by Crippen LogP contribution is -2.51. The van der Waals surface area contributed by atoms with Crippen LogP contribution < -0.4 is 0 Å². The average Bonchev–Trinajstić information content (AvgIpc) is 2.82. The molecule has 0 bridgehead atoms. The molecule has 1 N–H and O–H groups in total. The van der Waals surface area contributed by atoms with Crippen LogP contribution in [0.15, 0.2) is 11.6 Å². The summed E-state index contributed by atoms with van der Waals surface area (Å²) < 4.78 is 0. The molecule has 3 saturated carbocycles. The molecule has 0 aliphatic heterocycles. The summed E-state index contributed by atoms with van der Waals surface area (Å²) in [6.07, 6.45) is 14.2. The van der Waals surface area contributed by atoms with Crippen molar-refractivity contribution in [3.63, 3.8) is 0 Å². The van der Waals surface area contributed by atoms with Gasteiger partial charge in [0.25, 0.3) is 0 Å². The molecule has 0 spiro atoms. The quantitative estimate of drug-likeness (QED) is 0.648. The van der Waals surface area contributed by atoms with Crippen molar-refractivity contribution in [3.8, 4) is 0 Å². The number of aliphatic hydroxyl groups excluding tert-OH is 1. The van der Waals surface area contributed by atoms with E-state index < -0.39 is 0 Å². The molecule has 0 radical (unpaired) electrons. The molecule has 0 saturated heterocycles. The van der Waals surface area contributed by atoms with Gasteiger partial charge in [-0.1, -0.05) is 38.8 Å². The van der Waals surface area contributed by atoms with Crippen molar-refractivity contribution in [1.82, 2.24) is 0 Å². The van der Waals surface area contributed by atoms with E-state index >= 15 is 0 Å². The summed E-state index contributed by atoms with van der Waals surface area (Å²) in [5.74, 6) is 3.72. The van der Waals surface area contributed by atoms with E-state index in [1.54, 1.807) is 5.57 Å². The highest BCUT2D eigenvalue weighted by molar-refractivity contribution is 5.24. The molecule has 0 aromatic heterocycles. The van der Waals surface area contributed by atoms with E-state index in [2.05, 4.69) is 26.8 Å². The topological polar surface area (TPSA) is 20.2 Å². The number of hydrogen-bond acceptors (Lipinski definition) is 1. The predicted octanol–water partition coefficient (Wildman–Crippen LogP) is 5.34. The maximum atomic E-state index is 10.3. The first-order chi connectivity index (χ1) is 10.5. The molecule has 4 rings (SSSR count). The fourth-order valence-corrected chi connectivity index (χ4v) is 7.58. The van der Waals surface area contributed by atoms with Gasteiger partial charge in [-0.05, 0) is 85.9 Å². The minimum absolute atomic E-state index is 0.0900. The fourth-order valence-electron chi connectivity index (χ4n) is 7.58. The summed E-state index contributed by atoms with van der Waals surface area (Å²) in [4.78, 5) is 0. The molecule has 4 aliphatic carbocycles. The van der Waals surface area contributed by atoms with Gasteiger partial charge in [0.1, 0.15) is 0 Å². The zero-order valence-corrected chi connectivity index (χ0v) is 14.8. The highest BCUT2D eigenvalue weighted by Gasteiger charge is 2.58. The Labute approximate surface area is 136 Å². The maximum absolute atomic E-state index is 10.3. The lowest BCUT2D eigenvalue weighted by atomic mass is 9.46. The van der Waals surface area contributed by atoms with Crippen molar-refractivity contribution in [3.05, 3.63) is 11.6 Å². The first-order valence-electron chi connectivity index (χ1n) is 9.86. The second kappa shape index (κ2) is 5.10. The Balaban J connectivity index is 1.66. The van der Waals surface area contributed by atoms with Crippen molar-refractivity contribution in [2.75, 3.05) is 0 Å². The molecule has 7 atom stereocenters. The lowest BCUT2D eigenvalue weighted by Gasteiger charge is -2.58. The highest BCUT2D eigenvalue weighted by Crippen LogP contribution is 2.67. The number of allylic oxidation sites excluding steroid dienone is 1. The second-order valence-corrected chi connectivity index (χ2v) is 9.38. The van der Waals surface area contributed by atoms with Crippen LogP contribution in [0.25, 0.3) is 0 Å². The molecule has 4 aliphatic rings. The SMILES string of the molecule is CC[C@H]1CC[C@H]2[C@@H]3CCC4=CCC(O)C[C@]4(C)[C@H]3CC[C@]12C. The Morgan fingerprint density at radius 2 is 1.95 bits per heavy atom. The van der Waals surface area contributed by atoms with Crippen molar-refractivity contribution in [2.24, 2.45) is 34.5 Å². The van der Waals surface area contributed by atoms with E-state index in [0.29, 0.717) is 10.8 Å². The van der Waals surface area contributed by atoms with Gasteiger partial charge in [0.05, 0.1) is 6.10 Å². The normalized spacial score (nSPS) is 54.2. The maximum Gasteiger partial charge on any atom is 0.0583 e. The van der Waals surface area contributed by atoms with Crippen LogP contribution in [-0.4, -0.2) is 11.2 Å². The summed E-state index contributed by atoms with van der Waals surface area (Å²) >= 11 is 0. The highest BCUT2D eigenvalue weighted by atomic mass is 16.3. The van der Waals surface area contributed by atoms with Crippen molar-refractivity contribution in [2.45, 2.75) is 84.7 Å². The first kappa shape index (κ1) is 15.2. The molecule has 1 unspecified atom stereocenters. The summed E-state index contributed by atoms with van der Waals surface area (Å²) in [5.41, 5.74) is 2.64. The van der Waals surface area contributed by atoms with Crippen LogP contribution in [0.3, 0.4) is 0 Å². The number of rotatable bonds is 1. The van der Waals surface area contributed by atoms with Crippen molar-refractivity contribution in [1.29, 1.82) is 0 Å². The molecular weight excluding hydrogens is 268 g/mol. The van der Waals surface area contributed by atoms with Crippen LogP contribution in [0.2, 0.25) is 0 Å². The van der Waals surface area contributed by atoms with Gasteiger partial charge >= 0.3 is 0 Å². The summed E-state index contributed by atoms with van der Waals surface area (Å²) in [6, 6.07) is 0. The molecule has 0 aromatic rings. The number of fused-ring (bicyclic) bond motifs is 5. The smallest absolute Gasteiger partial charge is 0.0583 e. The average molecular weight is 303 g/mol. The Morgan fingerprint density at radius 1 is 1.14 bits per heavy atom. The summed E-state index contributed by atoms with van der Waals surface area (Å²) in [5, 5.41) is 10.3. The van der Waals surface area contributed by atoms with Gasteiger partial charge in [-0.3, -0.25) is 0 Å². The molecule has 124 valence electrons. The lowest BCUT2D eigenvalue weighted by molar-refractivity contribution is -0.0636. The molecule has 0 heterocycles. The first-order valence-corrected chi connectivity index (χ1v) is 9.86. The third-order valence-corrected chi connectivity index (χ3v) is 8.72. The Morgan fingerprint density at radius 3 is 2.73 bits per heavy atom. The molecule has 3 fully saturated rings. The molecular formula is C21H34O. The molecule has 0 aromatic carbocycles. The summed E-state index contributed by atoms with van der Waals surface area (Å²) in [7, 11) is 0. The van der Waals surface area contributed by atoms with Gasteiger partial charge in [-0.15, -0.1) is 0 Å². The van der Waals surface area contributed by atoms with Crippen molar-refractivity contribution < 1.29 is 5.11 Å². The molecule has 0 amide bonds. The van der Waals surface area contributed by atoms with Gasteiger partial charge in [0, 0.05) is 0 Å². The van der Waals surface area contributed by atoms with Crippen LogP contribution in [0.4, 0.5) is 0 Å². The Kier molecular flexibility index (Phi) is 3.53. The van der Waals surface area contributed by atoms with Crippen LogP contribution >= 0.6 is 0 Å². The van der Waals surface area contributed by atoms with Crippen LogP contribution in [0, 0.1) is 34.5 Å². The monoisotopic (exact) mass is 302 g/mol. The van der Waals surface area contributed by atoms with Gasteiger partial charge in [0.2, 0.25) is 0 Å². The summed E-state index contributed by atoms with van der Waals surface area (Å²) in [6.45, 7) is 7.52. The zero-order chi connectivity index (χ0) is 15.5. The van der Waals surface area contributed by atoms with E-state index in [-0.39, 0.29) is 6.10 Å².